The molecule has 1 saturated heterocycles. The third-order valence-electron chi connectivity index (χ3n) is 5.50. The van der Waals surface area contributed by atoms with Crippen LogP contribution < -0.4 is 14.2 Å². The largest absolute Gasteiger partial charge is 0.496 e. The Labute approximate surface area is 175 Å². The van der Waals surface area contributed by atoms with E-state index in [2.05, 4.69) is 20.0 Å². The van der Waals surface area contributed by atoms with Crippen molar-refractivity contribution in [2.24, 2.45) is 0 Å². The van der Waals surface area contributed by atoms with E-state index in [1.54, 1.807) is 33.7 Å². The van der Waals surface area contributed by atoms with E-state index >= 15 is 0 Å². The second-order valence-corrected chi connectivity index (χ2v) is 7.26. The lowest BCUT2D eigenvalue weighted by Gasteiger charge is -2.31. The molecular formula is C22H26N4O4. The number of aromatic nitrogens is 3. The quantitative estimate of drug-likeness (QED) is 0.585. The number of likely N-dealkylation sites (tertiary alicyclic amines) is 1. The molecular weight excluding hydrogens is 384 g/mol. The third-order valence-corrected chi connectivity index (χ3v) is 5.50. The minimum Gasteiger partial charge on any atom is -0.496 e. The summed E-state index contributed by atoms with van der Waals surface area (Å²) < 4.78 is 21.8. The highest BCUT2D eigenvalue weighted by atomic mass is 16.5. The van der Waals surface area contributed by atoms with Crippen LogP contribution in [0.2, 0.25) is 0 Å². The third kappa shape index (κ3) is 4.23. The maximum Gasteiger partial charge on any atom is 0.258 e. The fourth-order valence-corrected chi connectivity index (χ4v) is 3.82. The molecule has 1 aromatic carbocycles. The summed E-state index contributed by atoms with van der Waals surface area (Å²) in [5, 5.41) is 4.22. The van der Waals surface area contributed by atoms with Gasteiger partial charge in [-0.25, -0.2) is 0 Å². The highest BCUT2D eigenvalue weighted by Gasteiger charge is 2.26. The molecule has 0 aliphatic carbocycles. The molecule has 0 amide bonds. The minimum absolute atomic E-state index is 0.299. The average Bonchev–Trinajstić information content (AvgIpc) is 3.30. The van der Waals surface area contributed by atoms with Crippen molar-refractivity contribution in [1.82, 2.24) is 20.0 Å². The van der Waals surface area contributed by atoms with Crippen molar-refractivity contribution < 1.29 is 18.7 Å². The zero-order valence-corrected chi connectivity index (χ0v) is 17.5. The number of nitrogens with zero attached hydrogens (tertiary/aromatic N) is 4. The summed E-state index contributed by atoms with van der Waals surface area (Å²) in [5.41, 5.74) is 1.97. The molecule has 0 atom stereocenters. The number of hydrogen-bond acceptors (Lipinski definition) is 8. The fourth-order valence-electron chi connectivity index (χ4n) is 3.82. The second kappa shape index (κ2) is 9.13. The molecule has 1 fully saturated rings. The van der Waals surface area contributed by atoms with Gasteiger partial charge in [-0.15, -0.1) is 0 Å². The Morgan fingerprint density at radius 2 is 1.63 bits per heavy atom. The van der Waals surface area contributed by atoms with Gasteiger partial charge in [-0.1, -0.05) is 5.16 Å². The molecule has 8 nitrogen and oxygen atoms in total. The van der Waals surface area contributed by atoms with E-state index in [0.29, 0.717) is 23.3 Å². The molecule has 158 valence electrons. The van der Waals surface area contributed by atoms with Gasteiger partial charge in [0.15, 0.2) is 17.3 Å². The van der Waals surface area contributed by atoms with Gasteiger partial charge in [0.25, 0.3) is 5.89 Å². The molecule has 30 heavy (non-hydrogen) atoms. The van der Waals surface area contributed by atoms with Crippen molar-refractivity contribution in [3.8, 4) is 28.7 Å². The molecule has 3 aromatic rings. The predicted molar refractivity (Wildman–Crippen MR) is 111 cm³/mol. The van der Waals surface area contributed by atoms with Crippen LogP contribution in [-0.2, 0) is 6.54 Å². The number of pyridine rings is 1. The molecule has 1 aliphatic heterocycles. The fraction of sp³-hybridized carbons (Fsp3) is 0.409. The smallest absolute Gasteiger partial charge is 0.258 e. The van der Waals surface area contributed by atoms with Crippen LogP contribution in [0.25, 0.3) is 11.5 Å². The highest BCUT2D eigenvalue weighted by molar-refractivity contribution is 5.51. The summed E-state index contributed by atoms with van der Waals surface area (Å²) >= 11 is 0. The molecule has 3 heterocycles. The lowest BCUT2D eigenvalue weighted by atomic mass is 9.95. The summed E-state index contributed by atoms with van der Waals surface area (Å²) in [5.74, 6) is 3.80. The second-order valence-electron chi connectivity index (χ2n) is 7.26. The van der Waals surface area contributed by atoms with Gasteiger partial charge < -0.3 is 18.7 Å². The minimum atomic E-state index is 0.299. The molecule has 1 aliphatic rings. The number of hydrogen-bond donors (Lipinski definition) is 0. The van der Waals surface area contributed by atoms with Gasteiger partial charge >= 0.3 is 0 Å². The van der Waals surface area contributed by atoms with Gasteiger partial charge in [0, 0.05) is 42.0 Å². The van der Waals surface area contributed by atoms with Crippen LogP contribution in [0.4, 0.5) is 0 Å². The molecule has 2 aromatic heterocycles. The predicted octanol–water partition coefficient (Wildman–Crippen LogP) is 3.54. The highest BCUT2D eigenvalue weighted by Crippen LogP contribution is 2.36. The Bertz CT molecular complexity index is 969. The number of ether oxygens (including phenoxy) is 3. The maximum absolute atomic E-state index is 5.57. The first-order chi connectivity index (χ1) is 14.7. The topological polar surface area (TPSA) is 82.7 Å². The van der Waals surface area contributed by atoms with E-state index in [1.165, 1.54) is 0 Å². The van der Waals surface area contributed by atoms with Crippen LogP contribution in [0.5, 0.6) is 17.2 Å². The van der Waals surface area contributed by atoms with Gasteiger partial charge in [0.05, 0.1) is 21.3 Å². The molecule has 0 saturated carbocycles. The molecule has 4 rings (SSSR count). The SMILES string of the molecule is COc1cc(OC)c(OC)cc1CN1CCC(c2noc(-c3ccncc3)n2)CC1. The summed E-state index contributed by atoms with van der Waals surface area (Å²) in [7, 11) is 4.94. The monoisotopic (exact) mass is 410 g/mol. The van der Waals surface area contributed by atoms with Crippen molar-refractivity contribution in [3.63, 3.8) is 0 Å². The van der Waals surface area contributed by atoms with Crippen molar-refractivity contribution in [1.29, 1.82) is 0 Å². The van der Waals surface area contributed by atoms with Gasteiger partial charge in [-0.3, -0.25) is 9.88 Å². The Hall–Kier alpha value is -3.13. The van der Waals surface area contributed by atoms with Crippen molar-refractivity contribution in [2.75, 3.05) is 34.4 Å². The molecule has 0 spiro atoms. The number of piperidine rings is 1. The summed E-state index contributed by atoms with van der Waals surface area (Å²) in [6, 6.07) is 7.61. The van der Waals surface area contributed by atoms with E-state index in [4.69, 9.17) is 18.7 Å². The Kier molecular flexibility index (Phi) is 6.13. The van der Waals surface area contributed by atoms with Crippen molar-refractivity contribution >= 4 is 0 Å². The van der Waals surface area contributed by atoms with Crippen LogP contribution in [0.1, 0.15) is 30.1 Å². The van der Waals surface area contributed by atoms with Gasteiger partial charge in [0.2, 0.25) is 0 Å². The maximum atomic E-state index is 5.57. The first-order valence-electron chi connectivity index (χ1n) is 9.97. The number of methoxy groups -OCH3 is 3. The van der Waals surface area contributed by atoms with Gasteiger partial charge in [-0.2, -0.15) is 4.98 Å². The average molecular weight is 410 g/mol. The first-order valence-corrected chi connectivity index (χ1v) is 9.97. The van der Waals surface area contributed by atoms with Crippen LogP contribution in [0.3, 0.4) is 0 Å². The molecule has 0 radical (unpaired) electrons. The summed E-state index contributed by atoms with van der Waals surface area (Å²) in [4.78, 5) is 11.0. The molecule has 0 bridgehead atoms. The van der Waals surface area contributed by atoms with Crippen LogP contribution >= 0.6 is 0 Å². The van der Waals surface area contributed by atoms with E-state index in [9.17, 15) is 0 Å². The first kappa shape index (κ1) is 20.2. The molecule has 0 unspecified atom stereocenters. The van der Waals surface area contributed by atoms with E-state index in [0.717, 1.165) is 55.2 Å². The van der Waals surface area contributed by atoms with Crippen LogP contribution in [0, 0.1) is 0 Å². The zero-order valence-electron chi connectivity index (χ0n) is 17.5. The molecule has 0 N–H and O–H groups in total. The van der Waals surface area contributed by atoms with Crippen molar-refractivity contribution in [3.05, 3.63) is 48.0 Å². The standard InChI is InChI=1S/C22H26N4O4/c1-27-18-13-20(29-3)19(28-2)12-17(18)14-26-10-6-15(7-11-26)21-24-22(30-25-21)16-4-8-23-9-5-16/h4-5,8-9,12-13,15H,6-7,10-11,14H2,1-3H3. The van der Waals surface area contributed by atoms with E-state index in [-0.39, 0.29) is 0 Å². The normalized spacial score (nSPS) is 15.2. The van der Waals surface area contributed by atoms with Gasteiger partial charge in [-0.05, 0) is 44.1 Å². The number of rotatable bonds is 7. The van der Waals surface area contributed by atoms with Crippen LogP contribution in [0.15, 0.2) is 41.2 Å². The lowest BCUT2D eigenvalue weighted by Crippen LogP contribution is -2.32. The van der Waals surface area contributed by atoms with Gasteiger partial charge in [0.1, 0.15) is 5.75 Å². The van der Waals surface area contributed by atoms with Crippen LogP contribution in [-0.4, -0.2) is 54.4 Å². The van der Waals surface area contributed by atoms with Crippen molar-refractivity contribution in [2.45, 2.75) is 25.3 Å². The number of benzene rings is 1. The Morgan fingerprint density at radius 1 is 0.967 bits per heavy atom. The Balaban J connectivity index is 1.40. The lowest BCUT2D eigenvalue weighted by molar-refractivity contribution is 0.197. The molecule has 8 heteroatoms. The summed E-state index contributed by atoms with van der Waals surface area (Å²) in [6.45, 7) is 2.67. The van der Waals surface area contributed by atoms with E-state index in [1.807, 2.05) is 24.3 Å². The Morgan fingerprint density at radius 3 is 2.30 bits per heavy atom. The van der Waals surface area contributed by atoms with E-state index < -0.39 is 0 Å². The zero-order chi connectivity index (χ0) is 20.9. The summed E-state index contributed by atoms with van der Waals surface area (Å²) in [6.07, 6.45) is 5.40.